The standard InChI is InChI=1S/C17H17Cl3N2O3S/c1-25-16-5-3-2-4-15(16)21-6-8-22(9-7-21)26(23,24)17-11-13(19)12(18)10-14(17)20/h2-5,10-11H,6-9H2,1H3. The molecule has 1 aliphatic rings. The Morgan fingerprint density at radius 2 is 1.54 bits per heavy atom. The van der Waals surface area contributed by atoms with Gasteiger partial charge < -0.3 is 9.64 Å². The highest BCUT2D eigenvalue weighted by Crippen LogP contribution is 2.34. The number of nitrogens with zero attached hydrogens (tertiary/aromatic N) is 2. The number of para-hydroxylation sites is 2. The molecule has 5 nitrogen and oxygen atoms in total. The third-order valence-electron chi connectivity index (χ3n) is 4.26. The van der Waals surface area contributed by atoms with Gasteiger partial charge in [-0.3, -0.25) is 0 Å². The summed E-state index contributed by atoms with van der Waals surface area (Å²) in [6.45, 7) is 1.74. The first-order valence-electron chi connectivity index (χ1n) is 7.87. The van der Waals surface area contributed by atoms with Crippen molar-refractivity contribution in [2.45, 2.75) is 4.90 Å². The second-order valence-electron chi connectivity index (χ2n) is 5.76. The molecule has 0 unspecified atom stereocenters. The molecule has 1 aliphatic heterocycles. The van der Waals surface area contributed by atoms with Gasteiger partial charge in [0.15, 0.2) is 0 Å². The van der Waals surface area contributed by atoms with Crippen molar-refractivity contribution in [1.29, 1.82) is 0 Å². The summed E-state index contributed by atoms with van der Waals surface area (Å²) in [5, 5.41) is 0.436. The largest absolute Gasteiger partial charge is 0.495 e. The van der Waals surface area contributed by atoms with Gasteiger partial charge in [-0.1, -0.05) is 46.9 Å². The number of hydrogen-bond acceptors (Lipinski definition) is 4. The molecule has 1 heterocycles. The minimum atomic E-state index is -3.75. The first-order valence-corrected chi connectivity index (χ1v) is 10.4. The van der Waals surface area contributed by atoms with Crippen LogP contribution in [0.2, 0.25) is 15.1 Å². The summed E-state index contributed by atoms with van der Waals surface area (Å²) in [5.41, 5.74) is 0.944. The molecule has 140 valence electrons. The molecule has 3 rings (SSSR count). The van der Waals surface area contributed by atoms with Crippen molar-refractivity contribution in [3.05, 3.63) is 51.5 Å². The van der Waals surface area contributed by atoms with Crippen molar-refractivity contribution in [2.24, 2.45) is 0 Å². The molecular formula is C17H17Cl3N2O3S. The van der Waals surface area contributed by atoms with Crippen molar-refractivity contribution in [3.8, 4) is 5.75 Å². The lowest BCUT2D eigenvalue weighted by Crippen LogP contribution is -2.48. The van der Waals surface area contributed by atoms with Crippen LogP contribution in [0.15, 0.2) is 41.3 Å². The van der Waals surface area contributed by atoms with Crippen LogP contribution in [0.25, 0.3) is 0 Å². The van der Waals surface area contributed by atoms with Gasteiger partial charge in [-0.05, 0) is 24.3 Å². The Bertz CT molecular complexity index is 913. The molecule has 0 saturated carbocycles. The molecule has 0 aliphatic carbocycles. The maximum absolute atomic E-state index is 12.9. The predicted molar refractivity (Wildman–Crippen MR) is 105 cm³/mol. The molecule has 0 spiro atoms. The predicted octanol–water partition coefficient (Wildman–Crippen LogP) is 4.17. The number of methoxy groups -OCH3 is 1. The minimum Gasteiger partial charge on any atom is -0.495 e. The molecule has 0 bridgehead atoms. The number of piperazine rings is 1. The number of hydrogen-bond donors (Lipinski definition) is 0. The highest BCUT2D eigenvalue weighted by Gasteiger charge is 2.31. The van der Waals surface area contributed by atoms with E-state index in [1.807, 2.05) is 24.3 Å². The van der Waals surface area contributed by atoms with Crippen molar-refractivity contribution in [3.63, 3.8) is 0 Å². The lowest BCUT2D eigenvalue weighted by molar-refractivity contribution is 0.378. The Morgan fingerprint density at radius 3 is 2.19 bits per heavy atom. The van der Waals surface area contributed by atoms with Crippen LogP contribution < -0.4 is 9.64 Å². The van der Waals surface area contributed by atoms with Gasteiger partial charge in [0.25, 0.3) is 0 Å². The van der Waals surface area contributed by atoms with E-state index in [2.05, 4.69) is 4.90 Å². The normalized spacial score (nSPS) is 15.9. The summed E-state index contributed by atoms with van der Waals surface area (Å²) < 4.78 is 32.7. The van der Waals surface area contributed by atoms with Crippen molar-refractivity contribution < 1.29 is 13.2 Å². The first-order chi connectivity index (χ1) is 12.3. The van der Waals surface area contributed by atoms with Crippen LogP contribution in [0.3, 0.4) is 0 Å². The molecule has 2 aromatic rings. The Morgan fingerprint density at radius 1 is 0.923 bits per heavy atom. The highest BCUT2D eigenvalue weighted by molar-refractivity contribution is 7.89. The summed E-state index contributed by atoms with van der Waals surface area (Å²) in [6.07, 6.45) is 0. The van der Waals surface area contributed by atoms with Gasteiger partial charge in [0.1, 0.15) is 10.6 Å². The third-order valence-corrected chi connectivity index (χ3v) is 7.34. The molecular weight excluding hydrogens is 419 g/mol. The lowest BCUT2D eigenvalue weighted by atomic mass is 10.2. The van der Waals surface area contributed by atoms with Crippen LogP contribution >= 0.6 is 34.8 Å². The fourth-order valence-corrected chi connectivity index (χ4v) is 5.30. The fraction of sp³-hybridized carbons (Fsp3) is 0.294. The molecule has 0 N–H and O–H groups in total. The average molecular weight is 436 g/mol. The monoisotopic (exact) mass is 434 g/mol. The number of benzene rings is 2. The van der Waals surface area contributed by atoms with Gasteiger partial charge in [0.2, 0.25) is 10.0 Å². The zero-order valence-corrected chi connectivity index (χ0v) is 17.0. The SMILES string of the molecule is COc1ccccc1N1CCN(S(=O)(=O)c2cc(Cl)c(Cl)cc2Cl)CC1. The minimum absolute atomic E-state index is 0.0284. The maximum atomic E-state index is 12.9. The second kappa shape index (κ2) is 7.82. The topological polar surface area (TPSA) is 49.9 Å². The Hall–Kier alpha value is -1.18. The van der Waals surface area contributed by atoms with Gasteiger partial charge >= 0.3 is 0 Å². The first kappa shape index (κ1) is 19.6. The third kappa shape index (κ3) is 3.75. The maximum Gasteiger partial charge on any atom is 0.244 e. The molecule has 1 saturated heterocycles. The van der Waals surface area contributed by atoms with Gasteiger partial charge in [-0.25, -0.2) is 8.42 Å². The zero-order chi connectivity index (χ0) is 18.9. The highest BCUT2D eigenvalue weighted by atomic mass is 35.5. The molecule has 26 heavy (non-hydrogen) atoms. The smallest absolute Gasteiger partial charge is 0.244 e. The van der Waals surface area contributed by atoms with E-state index in [0.717, 1.165) is 11.4 Å². The summed E-state index contributed by atoms with van der Waals surface area (Å²) >= 11 is 18.0. The van der Waals surface area contributed by atoms with E-state index in [1.165, 1.54) is 16.4 Å². The summed E-state index contributed by atoms with van der Waals surface area (Å²) in [7, 11) is -2.14. The van der Waals surface area contributed by atoms with Crippen LogP contribution in [0.1, 0.15) is 0 Å². The second-order valence-corrected chi connectivity index (χ2v) is 8.89. The molecule has 0 radical (unpaired) electrons. The summed E-state index contributed by atoms with van der Waals surface area (Å²) in [6, 6.07) is 10.3. The van der Waals surface area contributed by atoms with E-state index in [-0.39, 0.29) is 20.0 Å². The Kier molecular flexibility index (Phi) is 5.89. The van der Waals surface area contributed by atoms with Gasteiger partial charge in [0.05, 0.1) is 27.9 Å². The van der Waals surface area contributed by atoms with E-state index >= 15 is 0 Å². The van der Waals surface area contributed by atoms with E-state index in [9.17, 15) is 8.42 Å². The lowest BCUT2D eigenvalue weighted by Gasteiger charge is -2.36. The summed E-state index contributed by atoms with van der Waals surface area (Å²) in [5.74, 6) is 0.760. The molecule has 0 amide bonds. The van der Waals surface area contributed by atoms with E-state index < -0.39 is 10.0 Å². The number of halogens is 3. The van der Waals surface area contributed by atoms with Gasteiger partial charge in [-0.15, -0.1) is 0 Å². The van der Waals surface area contributed by atoms with Crippen LogP contribution in [0, 0.1) is 0 Å². The van der Waals surface area contributed by atoms with Crippen LogP contribution in [-0.4, -0.2) is 46.0 Å². The van der Waals surface area contributed by atoms with E-state index in [0.29, 0.717) is 26.2 Å². The number of sulfonamides is 1. The molecule has 0 atom stereocenters. The molecule has 1 fully saturated rings. The average Bonchev–Trinajstić information content (AvgIpc) is 2.64. The summed E-state index contributed by atoms with van der Waals surface area (Å²) in [4.78, 5) is 2.07. The van der Waals surface area contributed by atoms with Crippen molar-refractivity contribution in [2.75, 3.05) is 38.2 Å². The zero-order valence-electron chi connectivity index (χ0n) is 14.0. The van der Waals surface area contributed by atoms with Gasteiger partial charge in [-0.2, -0.15) is 4.31 Å². The van der Waals surface area contributed by atoms with Gasteiger partial charge in [0, 0.05) is 26.2 Å². The van der Waals surface area contributed by atoms with E-state index in [4.69, 9.17) is 39.5 Å². The molecule has 9 heteroatoms. The van der Waals surface area contributed by atoms with Crippen LogP contribution in [-0.2, 0) is 10.0 Å². The quantitative estimate of drug-likeness (QED) is 0.677. The molecule has 2 aromatic carbocycles. The van der Waals surface area contributed by atoms with Crippen LogP contribution in [0.4, 0.5) is 5.69 Å². The van der Waals surface area contributed by atoms with Crippen molar-refractivity contribution in [1.82, 2.24) is 4.31 Å². The van der Waals surface area contributed by atoms with Crippen molar-refractivity contribution >= 4 is 50.5 Å². The fourth-order valence-electron chi connectivity index (χ4n) is 2.90. The Balaban J connectivity index is 1.80. The number of ether oxygens (including phenoxy) is 1. The van der Waals surface area contributed by atoms with E-state index in [1.54, 1.807) is 7.11 Å². The number of anilines is 1. The molecule has 0 aromatic heterocycles. The van der Waals surface area contributed by atoms with Crippen LogP contribution in [0.5, 0.6) is 5.75 Å². The number of rotatable bonds is 4. The Labute approximate surface area is 168 Å².